The van der Waals surface area contributed by atoms with E-state index in [1.54, 1.807) is 39.5 Å². The molecule has 0 aromatic heterocycles. The van der Waals surface area contributed by atoms with Crippen LogP contribution in [-0.4, -0.2) is 37.2 Å². The Balaban J connectivity index is 2.34. The van der Waals surface area contributed by atoms with Gasteiger partial charge in [-0.1, -0.05) is 6.07 Å². The van der Waals surface area contributed by atoms with Gasteiger partial charge in [-0.15, -0.1) is 0 Å². The quantitative estimate of drug-likeness (QED) is 0.669. The number of methoxy groups -OCH3 is 2. The summed E-state index contributed by atoms with van der Waals surface area (Å²) in [4.78, 5) is 13.2. The van der Waals surface area contributed by atoms with Crippen LogP contribution in [0.1, 0.15) is 5.56 Å². The van der Waals surface area contributed by atoms with Gasteiger partial charge in [-0.25, -0.2) is 0 Å². The monoisotopic (exact) mass is 278 g/mol. The second-order valence-electron chi connectivity index (χ2n) is 3.97. The zero-order valence-electron chi connectivity index (χ0n) is 10.9. The Morgan fingerprint density at radius 1 is 1.26 bits per heavy atom. The Hall–Kier alpha value is -2.08. The molecule has 1 aliphatic rings. The van der Waals surface area contributed by atoms with Crippen molar-refractivity contribution in [1.29, 1.82) is 0 Å². The predicted molar refractivity (Wildman–Crippen MR) is 76.0 cm³/mol. The van der Waals surface area contributed by atoms with E-state index >= 15 is 0 Å². The van der Waals surface area contributed by atoms with Gasteiger partial charge in [-0.2, -0.15) is 0 Å². The summed E-state index contributed by atoms with van der Waals surface area (Å²) >= 11 is 5.01. The molecule has 0 bridgehead atoms. The number of ether oxygens (including phenoxy) is 2. The first kappa shape index (κ1) is 13.4. The molecule has 0 unspecified atom stereocenters. The Morgan fingerprint density at radius 2 is 1.95 bits per heavy atom. The molecule has 1 aliphatic heterocycles. The number of carbonyl (C=O) groups is 1. The maximum Gasteiger partial charge on any atom is 0.276 e. The molecule has 0 radical (unpaired) electrons. The van der Waals surface area contributed by atoms with E-state index in [9.17, 15) is 4.79 Å². The van der Waals surface area contributed by atoms with E-state index < -0.39 is 0 Å². The molecule has 1 fully saturated rings. The summed E-state index contributed by atoms with van der Waals surface area (Å²) in [6.07, 6.45) is 1.72. The number of carbonyl (C=O) groups excluding carboxylic acids is 1. The molecule has 5 nitrogen and oxygen atoms in total. The van der Waals surface area contributed by atoms with Crippen LogP contribution in [0, 0.1) is 0 Å². The van der Waals surface area contributed by atoms with Crippen molar-refractivity contribution in [2.45, 2.75) is 0 Å². The predicted octanol–water partition coefficient (Wildman–Crippen LogP) is 1.39. The number of nitrogens with one attached hydrogen (secondary N) is 1. The van der Waals surface area contributed by atoms with Crippen molar-refractivity contribution in [2.24, 2.45) is 0 Å². The Morgan fingerprint density at radius 3 is 2.47 bits per heavy atom. The average Bonchev–Trinajstić information content (AvgIpc) is 2.66. The fourth-order valence-corrected chi connectivity index (χ4v) is 1.93. The molecule has 0 spiro atoms. The van der Waals surface area contributed by atoms with Gasteiger partial charge in [-0.3, -0.25) is 9.69 Å². The molecule has 1 heterocycles. The van der Waals surface area contributed by atoms with Gasteiger partial charge in [0.2, 0.25) is 0 Å². The fraction of sp³-hybridized carbons (Fsp3) is 0.231. The summed E-state index contributed by atoms with van der Waals surface area (Å²) in [5.74, 6) is 1.10. The first-order valence-corrected chi connectivity index (χ1v) is 6.00. The SMILES string of the molecule is COc1ccc(/C=C2/NC(=S)N(C)C2=O)cc1OC. The van der Waals surface area contributed by atoms with Crippen LogP contribution in [0.3, 0.4) is 0 Å². The van der Waals surface area contributed by atoms with Crippen molar-refractivity contribution in [3.05, 3.63) is 29.5 Å². The maximum atomic E-state index is 11.8. The third kappa shape index (κ3) is 2.53. The van der Waals surface area contributed by atoms with Crippen LogP contribution < -0.4 is 14.8 Å². The minimum atomic E-state index is -0.153. The number of hydrogen-bond acceptors (Lipinski definition) is 4. The first-order chi connectivity index (χ1) is 9.06. The molecular weight excluding hydrogens is 264 g/mol. The van der Waals surface area contributed by atoms with Gasteiger partial charge in [0.25, 0.3) is 5.91 Å². The summed E-state index contributed by atoms with van der Waals surface area (Å²) in [6, 6.07) is 5.42. The summed E-state index contributed by atoms with van der Waals surface area (Å²) in [5, 5.41) is 3.26. The van der Waals surface area contributed by atoms with Crippen LogP contribution in [-0.2, 0) is 4.79 Å². The van der Waals surface area contributed by atoms with Gasteiger partial charge < -0.3 is 14.8 Å². The van der Waals surface area contributed by atoms with Gasteiger partial charge in [0.05, 0.1) is 14.2 Å². The lowest BCUT2D eigenvalue weighted by Crippen LogP contribution is -2.25. The summed E-state index contributed by atoms with van der Waals surface area (Å²) in [6.45, 7) is 0. The van der Waals surface area contributed by atoms with Crippen LogP contribution in [0.2, 0.25) is 0 Å². The molecule has 0 aliphatic carbocycles. The highest BCUT2D eigenvalue weighted by Gasteiger charge is 2.26. The Bertz CT molecular complexity index is 569. The lowest BCUT2D eigenvalue weighted by molar-refractivity contribution is -0.121. The van der Waals surface area contributed by atoms with E-state index in [1.807, 2.05) is 6.07 Å². The minimum absolute atomic E-state index is 0.153. The number of thiocarbonyl (C=S) groups is 1. The summed E-state index contributed by atoms with van der Waals surface area (Å²) in [7, 11) is 4.77. The number of likely N-dealkylation sites (N-methyl/N-ethyl adjacent to an activating group) is 1. The van der Waals surface area contributed by atoms with Gasteiger partial charge >= 0.3 is 0 Å². The lowest BCUT2D eigenvalue weighted by Gasteiger charge is -2.08. The lowest BCUT2D eigenvalue weighted by atomic mass is 10.1. The standard InChI is InChI=1S/C13H14N2O3S/c1-15-12(16)9(14-13(15)19)6-8-4-5-10(17-2)11(7-8)18-3/h4-7H,1-3H3,(H,14,19)/b9-6+. The molecule has 2 rings (SSSR count). The number of benzene rings is 1. The molecule has 6 heteroatoms. The fourth-order valence-electron chi connectivity index (χ4n) is 1.73. The zero-order chi connectivity index (χ0) is 14.0. The molecular formula is C13H14N2O3S. The second-order valence-corrected chi connectivity index (χ2v) is 4.35. The molecule has 100 valence electrons. The molecule has 1 aromatic carbocycles. The van der Waals surface area contributed by atoms with E-state index in [2.05, 4.69) is 5.32 Å². The molecule has 1 aromatic rings. The van der Waals surface area contributed by atoms with Crippen LogP contribution in [0.5, 0.6) is 11.5 Å². The molecule has 19 heavy (non-hydrogen) atoms. The summed E-state index contributed by atoms with van der Waals surface area (Å²) < 4.78 is 10.4. The van der Waals surface area contributed by atoms with E-state index in [4.69, 9.17) is 21.7 Å². The van der Waals surface area contributed by atoms with E-state index in [1.165, 1.54) is 4.90 Å². The molecule has 0 atom stereocenters. The van der Waals surface area contributed by atoms with E-state index in [0.29, 0.717) is 22.3 Å². The zero-order valence-corrected chi connectivity index (χ0v) is 11.7. The van der Waals surface area contributed by atoms with Crippen molar-refractivity contribution < 1.29 is 14.3 Å². The topological polar surface area (TPSA) is 50.8 Å². The van der Waals surface area contributed by atoms with Gasteiger partial charge in [-0.05, 0) is 36.0 Å². The van der Waals surface area contributed by atoms with E-state index in [0.717, 1.165) is 5.56 Å². The van der Waals surface area contributed by atoms with Crippen LogP contribution in [0.25, 0.3) is 6.08 Å². The molecule has 1 saturated heterocycles. The van der Waals surface area contributed by atoms with Crippen LogP contribution >= 0.6 is 12.2 Å². The van der Waals surface area contributed by atoms with Crippen molar-refractivity contribution in [1.82, 2.24) is 10.2 Å². The van der Waals surface area contributed by atoms with Crippen molar-refractivity contribution in [3.63, 3.8) is 0 Å². The number of amides is 1. The Kier molecular flexibility index (Phi) is 3.71. The van der Waals surface area contributed by atoms with Crippen molar-refractivity contribution in [3.8, 4) is 11.5 Å². The van der Waals surface area contributed by atoms with Gasteiger partial charge in [0.1, 0.15) is 5.70 Å². The average molecular weight is 278 g/mol. The molecule has 0 saturated carbocycles. The first-order valence-electron chi connectivity index (χ1n) is 5.59. The highest BCUT2D eigenvalue weighted by Crippen LogP contribution is 2.28. The van der Waals surface area contributed by atoms with E-state index in [-0.39, 0.29) is 5.91 Å². The number of hydrogen-bond donors (Lipinski definition) is 1. The molecule has 1 N–H and O–H groups in total. The maximum absolute atomic E-state index is 11.8. The summed E-state index contributed by atoms with van der Waals surface area (Å²) in [5.41, 5.74) is 1.27. The number of rotatable bonds is 3. The minimum Gasteiger partial charge on any atom is -0.493 e. The van der Waals surface area contributed by atoms with Crippen LogP contribution in [0.15, 0.2) is 23.9 Å². The third-order valence-electron chi connectivity index (χ3n) is 2.80. The van der Waals surface area contributed by atoms with Gasteiger partial charge in [0.15, 0.2) is 16.6 Å². The highest BCUT2D eigenvalue weighted by atomic mass is 32.1. The Labute approximate surface area is 116 Å². The third-order valence-corrected chi connectivity index (χ3v) is 3.18. The smallest absolute Gasteiger partial charge is 0.276 e. The number of nitrogens with zero attached hydrogens (tertiary/aromatic N) is 1. The second kappa shape index (κ2) is 5.27. The van der Waals surface area contributed by atoms with Crippen molar-refractivity contribution >= 4 is 29.3 Å². The molecule has 1 amide bonds. The highest BCUT2D eigenvalue weighted by molar-refractivity contribution is 7.80. The van der Waals surface area contributed by atoms with Crippen molar-refractivity contribution in [2.75, 3.05) is 21.3 Å². The van der Waals surface area contributed by atoms with Gasteiger partial charge in [0, 0.05) is 7.05 Å². The normalized spacial score (nSPS) is 16.8. The largest absolute Gasteiger partial charge is 0.493 e. The van der Waals surface area contributed by atoms with Crippen LogP contribution in [0.4, 0.5) is 0 Å².